The van der Waals surface area contributed by atoms with E-state index in [9.17, 15) is 4.79 Å². The Bertz CT molecular complexity index is 1410. The fourth-order valence-corrected chi connectivity index (χ4v) is 6.89. The molecule has 0 saturated carbocycles. The van der Waals surface area contributed by atoms with Gasteiger partial charge in [-0.3, -0.25) is 0 Å². The number of aryl methyl sites for hydroxylation is 1. The smallest absolute Gasteiger partial charge is 0.323 e. The van der Waals surface area contributed by atoms with Crippen molar-refractivity contribution < 1.29 is 9.53 Å². The van der Waals surface area contributed by atoms with Gasteiger partial charge < -0.3 is 19.5 Å². The Labute approximate surface area is 213 Å². The van der Waals surface area contributed by atoms with E-state index in [1.54, 1.807) is 13.2 Å². The van der Waals surface area contributed by atoms with Gasteiger partial charge in [0.05, 0.1) is 36.1 Å². The first-order valence-corrected chi connectivity index (χ1v) is 13.1. The summed E-state index contributed by atoms with van der Waals surface area (Å²) in [5.41, 5.74) is 5.36. The van der Waals surface area contributed by atoms with Crippen LogP contribution in [0, 0.1) is 0 Å². The van der Waals surface area contributed by atoms with Crippen LogP contribution in [0.15, 0.2) is 66.9 Å². The molecule has 2 amide bonds. The van der Waals surface area contributed by atoms with Gasteiger partial charge in [0.2, 0.25) is 0 Å². The number of anilines is 1. The monoisotopic (exact) mass is 503 g/mol. The van der Waals surface area contributed by atoms with E-state index in [1.165, 1.54) is 33.8 Å². The Balaban J connectivity index is 1.51. The van der Waals surface area contributed by atoms with Crippen molar-refractivity contribution in [3.8, 4) is 10.8 Å². The number of carbonyl (C=O) groups excluding carboxylic acids is 1. The lowest BCUT2D eigenvalue weighted by molar-refractivity contribution is 0.194. The number of thiophene rings is 1. The van der Waals surface area contributed by atoms with Crippen LogP contribution < -0.4 is 10.1 Å². The number of methoxy groups -OCH3 is 1. The average Bonchev–Trinajstić information content (AvgIpc) is 3.47. The molecular formula is C28H26ClN3O2S. The Morgan fingerprint density at radius 1 is 1.06 bits per heavy atom. The molecule has 0 unspecified atom stereocenters. The number of hydrogen-bond acceptors (Lipinski definition) is 3. The van der Waals surface area contributed by atoms with E-state index in [1.807, 2.05) is 52.6 Å². The average molecular weight is 504 g/mol. The molecule has 35 heavy (non-hydrogen) atoms. The number of ether oxygens (including phenoxy) is 1. The zero-order valence-electron chi connectivity index (χ0n) is 19.5. The quantitative estimate of drug-likeness (QED) is 0.321. The molecule has 3 heterocycles. The van der Waals surface area contributed by atoms with Crippen LogP contribution in [0.1, 0.15) is 46.1 Å². The molecule has 1 atom stereocenters. The van der Waals surface area contributed by atoms with Crippen LogP contribution in [0.5, 0.6) is 5.75 Å². The highest BCUT2D eigenvalue weighted by molar-refractivity contribution is 7.15. The number of hydrogen-bond donors (Lipinski definition) is 1. The maximum atomic E-state index is 14.0. The first-order chi connectivity index (χ1) is 17.1. The van der Waals surface area contributed by atoms with E-state index in [0.717, 1.165) is 29.8 Å². The molecule has 2 aromatic heterocycles. The predicted octanol–water partition coefficient (Wildman–Crippen LogP) is 7.22. The number of carbonyl (C=O) groups is 1. The molecule has 178 valence electrons. The van der Waals surface area contributed by atoms with Crippen molar-refractivity contribution in [2.45, 2.75) is 38.3 Å². The largest absolute Gasteiger partial charge is 0.497 e. The maximum absolute atomic E-state index is 14.0. The summed E-state index contributed by atoms with van der Waals surface area (Å²) in [6.45, 7) is 0.529. The topological polar surface area (TPSA) is 46.5 Å². The molecule has 1 N–H and O–H groups in total. The van der Waals surface area contributed by atoms with Crippen molar-refractivity contribution in [1.82, 2.24) is 9.47 Å². The highest BCUT2D eigenvalue weighted by Gasteiger charge is 2.36. The number of para-hydroxylation sites is 1. The summed E-state index contributed by atoms with van der Waals surface area (Å²) in [6, 6.07) is 19.1. The van der Waals surface area contributed by atoms with E-state index < -0.39 is 0 Å². The van der Waals surface area contributed by atoms with E-state index >= 15 is 0 Å². The number of aromatic nitrogens is 1. The fourth-order valence-electron chi connectivity index (χ4n) is 5.30. The van der Waals surface area contributed by atoms with Gasteiger partial charge in [-0.05, 0) is 73.2 Å². The van der Waals surface area contributed by atoms with Crippen molar-refractivity contribution in [2.24, 2.45) is 0 Å². The zero-order chi connectivity index (χ0) is 23.9. The van der Waals surface area contributed by atoms with Crippen LogP contribution in [0.25, 0.3) is 5.00 Å². The lowest BCUT2D eigenvalue weighted by atomic mass is 9.95. The van der Waals surface area contributed by atoms with Gasteiger partial charge in [0.15, 0.2) is 0 Å². The molecular weight excluding hydrogens is 478 g/mol. The minimum absolute atomic E-state index is 0.178. The van der Waals surface area contributed by atoms with E-state index in [0.29, 0.717) is 17.3 Å². The van der Waals surface area contributed by atoms with Crippen molar-refractivity contribution in [3.63, 3.8) is 0 Å². The minimum atomic E-state index is -0.290. The lowest BCUT2D eigenvalue weighted by Crippen LogP contribution is -2.38. The van der Waals surface area contributed by atoms with E-state index in [2.05, 4.69) is 34.3 Å². The second-order valence-electron chi connectivity index (χ2n) is 9.01. The molecule has 7 heteroatoms. The number of benzene rings is 2. The van der Waals surface area contributed by atoms with Crippen LogP contribution >= 0.6 is 22.9 Å². The number of nitrogens with one attached hydrogen (secondary N) is 1. The third-order valence-corrected chi connectivity index (χ3v) is 8.63. The second-order valence-corrected chi connectivity index (χ2v) is 10.5. The first-order valence-electron chi connectivity index (χ1n) is 11.9. The van der Waals surface area contributed by atoms with Gasteiger partial charge in [-0.1, -0.05) is 35.9 Å². The molecule has 5 nitrogen and oxygen atoms in total. The Hall–Kier alpha value is -3.22. The Kier molecular flexibility index (Phi) is 5.78. The van der Waals surface area contributed by atoms with Crippen LogP contribution in [0.2, 0.25) is 5.02 Å². The summed E-state index contributed by atoms with van der Waals surface area (Å²) < 4.78 is 7.82. The summed E-state index contributed by atoms with van der Waals surface area (Å²) in [4.78, 5) is 17.4. The molecule has 1 aliphatic carbocycles. The second kappa shape index (κ2) is 9.10. The summed E-state index contributed by atoms with van der Waals surface area (Å²) in [5, 5.41) is 4.83. The summed E-state index contributed by atoms with van der Waals surface area (Å²) in [6.07, 6.45) is 6.74. The number of amides is 2. The zero-order valence-corrected chi connectivity index (χ0v) is 21.0. The molecule has 2 aromatic carbocycles. The third-order valence-electron chi connectivity index (χ3n) is 6.96. The van der Waals surface area contributed by atoms with Gasteiger partial charge in [0.25, 0.3) is 0 Å². The summed E-state index contributed by atoms with van der Waals surface area (Å²) in [7, 11) is 1.67. The van der Waals surface area contributed by atoms with Gasteiger partial charge in [0.1, 0.15) is 10.8 Å². The lowest BCUT2D eigenvalue weighted by Gasteiger charge is -2.31. The molecule has 0 spiro atoms. The van der Waals surface area contributed by atoms with Gasteiger partial charge in [-0.15, -0.1) is 11.3 Å². The van der Waals surface area contributed by atoms with Crippen molar-refractivity contribution in [3.05, 3.63) is 99.1 Å². The van der Waals surface area contributed by atoms with Gasteiger partial charge in [-0.25, -0.2) is 4.79 Å². The van der Waals surface area contributed by atoms with Crippen molar-refractivity contribution >= 4 is 34.7 Å². The van der Waals surface area contributed by atoms with Crippen molar-refractivity contribution in [2.75, 3.05) is 12.4 Å². The van der Waals surface area contributed by atoms with E-state index in [4.69, 9.17) is 16.3 Å². The number of halogens is 1. The number of rotatable bonds is 3. The molecule has 0 radical (unpaired) electrons. The molecule has 1 aliphatic heterocycles. The van der Waals surface area contributed by atoms with Gasteiger partial charge in [0, 0.05) is 16.6 Å². The molecule has 0 bridgehead atoms. The number of fused-ring (bicyclic) bond motifs is 5. The molecule has 6 rings (SSSR count). The third kappa shape index (κ3) is 3.91. The van der Waals surface area contributed by atoms with Gasteiger partial charge >= 0.3 is 6.03 Å². The van der Waals surface area contributed by atoms with Crippen LogP contribution in [-0.2, 0) is 19.4 Å². The van der Waals surface area contributed by atoms with Crippen LogP contribution in [0.4, 0.5) is 10.5 Å². The molecule has 2 aliphatic rings. The summed E-state index contributed by atoms with van der Waals surface area (Å²) >= 11 is 8.28. The molecule has 0 saturated heterocycles. The maximum Gasteiger partial charge on any atom is 0.323 e. The summed E-state index contributed by atoms with van der Waals surface area (Å²) in [5.74, 6) is 0.767. The van der Waals surface area contributed by atoms with Crippen LogP contribution in [0.3, 0.4) is 0 Å². The Morgan fingerprint density at radius 2 is 1.91 bits per heavy atom. The Morgan fingerprint density at radius 3 is 2.77 bits per heavy atom. The molecule has 0 fully saturated rings. The standard InChI is InChI=1S/C28H26ClN3O2S/c1-34-19-9-6-8-18(16-19)26-24-13-7-15-31(24)27-21(20-10-2-5-14-25(20)35-27)17-32(26)28(33)30-23-12-4-3-11-22(23)29/h3-4,6-9,11-13,15-16,26H,2,5,10,14,17H2,1H3,(H,30,33)/t26-/m1/s1. The SMILES string of the molecule is COc1cccc([C@@H]2c3cccn3-c3sc4c(c3CN2C(=O)Nc2ccccc2Cl)CCCC4)c1. The van der Waals surface area contributed by atoms with Crippen LogP contribution in [-0.4, -0.2) is 22.6 Å². The van der Waals surface area contributed by atoms with E-state index in [-0.39, 0.29) is 12.1 Å². The van der Waals surface area contributed by atoms with Gasteiger partial charge in [-0.2, -0.15) is 0 Å². The molecule has 4 aromatic rings. The first kappa shape index (κ1) is 22.3. The number of nitrogens with zero attached hydrogens (tertiary/aromatic N) is 2. The highest BCUT2D eigenvalue weighted by atomic mass is 35.5. The van der Waals surface area contributed by atoms with Crippen molar-refractivity contribution in [1.29, 1.82) is 0 Å². The fraction of sp³-hybridized carbons (Fsp3) is 0.250. The normalized spacial score (nSPS) is 16.6. The number of urea groups is 1. The minimum Gasteiger partial charge on any atom is -0.497 e. The highest BCUT2D eigenvalue weighted by Crippen LogP contribution is 2.44. The predicted molar refractivity (Wildman–Crippen MR) is 141 cm³/mol.